The van der Waals surface area contributed by atoms with Gasteiger partial charge in [-0.15, -0.1) is 0 Å². The Morgan fingerprint density at radius 3 is 1.96 bits per heavy atom. The fourth-order valence-corrected chi connectivity index (χ4v) is 2.96. The van der Waals surface area contributed by atoms with Crippen molar-refractivity contribution < 1.29 is 14.6 Å². The van der Waals surface area contributed by atoms with Crippen LogP contribution < -0.4 is 9.47 Å². The molecule has 0 bridgehead atoms. The molecule has 3 heteroatoms. The van der Waals surface area contributed by atoms with Gasteiger partial charge in [-0.2, -0.15) is 0 Å². The van der Waals surface area contributed by atoms with Crippen molar-refractivity contribution >= 4 is 0 Å². The minimum atomic E-state index is 0.147. The first kappa shape index (κ1) is 19.0. The van der Waals surface area contributed by atoms with Gasteiger partial charge in [0.05, 0.1) is 0 Å². The predicted molar refractivity (Wildman–Crippen MR) is 108 cm³/mol. The minimum Gasteiger partial charge on any atom is -0.489 e. The first-order valence-corrected chi connectivity index (χ1v) is 9.34. The zero-order chi connectivity index (χ0) is 18.9. The summed E-state index contributed by atoms with van der Waals surface area (Å²) in [5.41, 5.74) is 3.32. The van der Waals surface area contributed by atoms with Crippen molar-refractivity contribution in [3.63, 3.8) is 0 Å². The summed E-state index contributed by atoms with van der Waals surface area (Å²) in [5.74, 6) is 1.83. The van der Waals surface area contributed by atoms with Crippen LogP contribution in [0, 0.1) is 0 Å². The Kier molecular flexibility index (Phi) is 6.89. The van der Waals surface area contributed by atoms with E-state index in [-0.39, 0.29) is 12.5 Å². The highest BCUT2D eigenvalue weighted by Crippen LogP contribution is 2.33. The number of hydrogen-bond acceptors (Lipinski definition) is 3. The van der Waals surface area contributed by atoms with Gasteiger partial charge in [-0.25, -0.2) is 0 Å². The van der Waals surface area contributed by atoms with E-state index in [1.165, 1.54) is 0 Å². The lowest BCUT2D eigenvalue weighted by molar-refractivity contribution is 0.271. The van der Waals surface area contributed by atoms with Crippen molar-refractivity contribution in [2.75, 3.05) is 6.61 Å². The highest BCUT2D eigenvalue weighted by molar-refractivity contribution is 5.42. The van der Waals surface area contributed by atoms with Crippen LogP contribution in [-0.4, -0.2) is 11.7 Å². The van der Waals surface area contributed by atoms with Gasteiger partial charge in [0.15, 0.2) is 0 Å². The van der Waals surface area contributed by atoms with Crippen LogP contribution in [-0.2, 0) is 13.2 Å². The summed E-state index contributed by atoms with van der Waals surface area (Å²) in [6.07, 6.45) is 0.684. The van der Waals surface area contributed by atoms with Gasteiger partial charge in [-0.3, -0.25) is 0 Å². The molecule has 0 radical (unpaired) electrons. The number of hydrogen-bond donors (Lipinski definition) is 1. The summed E-state index contributed by atoms with van der Waals surface area (Å²) < 4.78 is 12.0. The van der Waals surface area contributed by atoms with Crippen molar-refractivity contribution in [2.24, 2.45) is 0 Å². The summed E-state index contributed by atoms with van der Waals surface area (Å²) in [4.78, 5) is 0. The molecule has 3 nitrogen and oxygen atoms in total. The van der Waals surface area contributed by atoms with E-state index < -0.39 is 0 Å². The second-order valence-electron chi connectivity index (χ2n) is 6.66. The van der Waals surface area contributed by atoms with Crippen LogP contribution in [0.1, 0.15) is 36.0 Å². The lowest BCUT2D eigenvalue weighted by Crippen LogP contribution is -2.04. The molecule has 3 aromatic rings. The summed E-state index contributed by atoms with van der Waals surface area (Å²) in [6.45, 7) is 3.29. The molecule has 1 N–H and O–H groups in total. The molecule has 0 saturated heterocycles. The Bertz CT molecular complexity index is 816. The first-order valence-electron chi connectivity index (χ1n) is 9.34. The van der Waals surface area contributed by atoms with Crippen LogP contribution in [0.2, 0.25) is 0 Å². The summed E-state index contributed by atoms with van der Waals surface area (Å²) in [7, 11) is 0. The van der Waals surface area contributed by atoms with Crippen LogP contribution in [0.3, 0.4) is 0 Å². The van der Waals surface area contributed by atoms with E-state index in [4.69, 9.17) is 9.47 Å². The Morgan fingerprint density at radius 1 is 0.778 bits per heavy atom. The molecule has 3 rings (SSSR count). The fraction of sp³-hybridized carbons (Fsp3) is 0.250. The number of rotatable bonds is 9. The van der Waals surface area contributed by atoms with E-state index in [0.29, 0.717) is 19.6 Å². The maximum Gasteiger partial charge on any atom is 0.123 e. The topological polar surface area (TPSA) is 38.7 Å². The van der Waals surface area contributed by atoms with Crippen LogP contribution in [0.15, 0.2) is 78.9 Å². The highest BCUT2D eigenvalue weighted by Gasteiger charge is 2.14. The molecule has 0 heterocycles. The van der Waals surface area contributed by atoms with Crippen molar-refractivity contribution in [1.82, 2.24) is 0 Å². The monoisotopic (exact) mass is 362 g/mol. The van der Waals surface area contributed by atoms with Gasteiger partial charge in [0, 0.05) is 12.2 Å². The van der Waals surface area contributed by atoms with Gasteiger partial charge in [0.2, 0.25) is 0 Å². The van der Waals surface area contributed by atoms with E-state index in [1.807, 2.05) is 78.9 Å². The van der Waals surface area contributed by atoms with Crippen LogP contribution in [0.4, 0.5) is 0 Å². The minimum absolute atomic E-state index is 0.147. The average Bonchev–Trinajstić information content (AvgIpc) is 2.72. The second kappa shape index (κ2) is 9.79. The maximum atomic E-state index is 9.35. The average molecular weight is 362 g/mol. The third-order valence-corrected chi connectivity index (χ3v) is 4.56. The molecule has 0 aliphatic heterocycles. The molecular formula is C24H26O3. The Hall–Kier alpha value is -2.78. The lowest BCUT2D eigenvalue weighted by atomic mass is 9.97. The number of benzene rings is 3. The van der Waals surface area contributed by atoms with Crippen molar-refractivity contribution in [3.05, 3.63) is 95.6 Å². The molecule has 140 valence electrons. The fourth-order valence-electron chi connectivity index (χ4n) is 2.96. The van der Waals surface area contributed by atoms with Crippen LogP contribution in [0.25, 0.3) is 0 Å². The molecule has 27 heavy (non-hydrogen) atoms. The zero-order valence-electron chi connectivity index (χ0n) is 15.7. The Balaban J connectivity index is 1.73. The largest absolute Gasteiger partial charge is 0.489 e. The summed E-state index contributed by atoms with van der Waals surface area (Å²) >= 11 is 0. The van der Waals surface area contributed by atoms with Gasteiger partial charge in [-0.1, -0.05) is 67.6 Å². The number of ether oxygens (including phenoxy) is 2. The third kappa shape index (κ3) is 5.60. The van der Waals surface area contributed by atoms with E-state index in [2.05, 4.69) is 6.92 Å². The first-order chi connectivity index (χ1) is 13.3. The van der Waals surface area contributed by atoms with Crippen molar-refractivity contribution in [2.45, 2.75) is 32.5 Å². The summed E-state index contributed by atoms with van der Waals surface area (Å²) in [6, 6.07) is 26.2. The van der Waals surface area contributed by atoms with Crippen LogP contribution >= 0.6 is 0 Å². The molecule has 0 aromatic heterocycles. The van der Waals surface area contributed by atoms with E-state index >= 15 is 0 Å². The van der Waals surface area contributed by atoms with E-state index in [9.17, 15) is 5.11 Å². The quantitative estimate of drug-likeness (QED) is 0.559. The molecule has 3 aromatic carbocycles. The molecule has 1 atom stereocenters. The van der Waals surface area contributed by atoms with Crippen molar-refractivity contribution in [3.8, 4) is 11.5 Å². The van der Waals surface area contributed by atoms with Gasteiger partial charge >= 0.3 is 0 Å². The zero-order valence-corrected chi connectivity index (χ0v) is 15.7. The van der Waals surface area contributed by atoms with E-state index in [0.717, 1.165) is 28.2 Å². The number of aliphatic hydroxyl groups excluding tert-OH is 1. The standard InChI is InChI=1S/C24H26O3/c1-19(14-15-25)23-16-22(26-17-20-8-4-2-5-9-20)12-13-24(23)27-18-21-10-6-3-7-11-21/h2-13,16,19,25H,14-15,17-18H2,1H3. The SMILES string of the molecule is CC(CCO)c1cc(OCc2ccccc2)ccc1OCc1ccccc1. The normalized spacial score (nSPS) is 11.8. The molecular weight excluding hydrogens is 336 g/mol. The summed E-state index contributed by atoms with van der Waals surface area (Å²) in [5, 5.41) is 9.35. The lowest BCUT2D eigenvalue weighted by Gasteiger charge is -2.18. The maximum absolute atomic E-state index is 9.35. The van der Waals surface area contributed by atoms with E-state index in [1.54, 1.807) is 0 Å². The van der Waals surface area contributed by atoms with Crippen LogP contribution in [0.5, 0.6) is 11.5 Å². The Labute approximate surface area is 161 Å². The molecule has 0 aliphatic carbocycles. The smallest absolute Gasteiger partial charge is 0.123 e. The van der Waals surface area contributed by atoms with Gasteiger partial charge in [-0.05, 0) is 41.7 Å². The molecule has 0 amide bonds. The van der Waals surface area contributed by atoms with Gasteiger partial charge < -0.3 is 14.6 Å². The highest BCUT2D eigenvalue weighted by atomic mass is 16.5. The van der Waals surface area contributed by atoms with Gasteiger partial charge in [0.1, 0.15) is 24.7 Å². The molecule has 0 saturated carbocycles. The third-order valence-electron chi connectivity index (χ3n) is 4.56. The molecule has 0 aliphatic rings. The molecule has 1 unspecified atom stereocenters. The Morgan fingerprint density at radius 2 is 1.37 bits per heavy atom. The molecule has 0 spiro atoms. The predicted octanol–water partition coefficient (Wildman–Crippen LogP) is 5.33. The molecule has 0 fully saturated rings. The van der Waals surface area contributed by atoms with Crippen molar-refractivity contribution in [1.29, 1.82) is 0 Å². The number of aliphatic hydroxyl groups is 1. The second-order valence-corrected chi connectivity index (χ2v) is 6.66. The van der Waals surface area contributed by atoms with Gasteiger partial charge in [0.25, 0.3) is 0 Å².